The monoisotopic (exact) mass is 378 g/mol. The van der Waals surface area contributed by atoms with Crippen LogP contribution in [0, 0.1) is 6.92 Å². The van der Waals surface area contributed by atoms with Crippen molar-refractivity contribution in [3.8, 4) is 5.75 Å². The summed E-state index contributed by atoms with van der Waals surface area (Å²) in [6.45, 7) is 2.79. The molecule has 0 aliphatic rings. The van der Waals surface area contributed by atoms with Crippen LogP contribution in [0.1, 0.15) is 26.8 Å². The van der Waals surface area contributed by atoms with Gasteiger partial charge in [0, 0.05) is 16.8 Å². The zero-order chi connectivity index (χ0) is 17.8. The molecule has 1 aromatic carbocycles. The highest BCUT2D eigenvalue weighted by atomic mass is 35.5. The summed E-state index contributed by atoms with van der Waals surface area (Å²) in [6.07, 6.45) is 1.75. The second kappa shape index (κ2) is 7.58. The van der Waals surface area contributed by atoms with Crippen LogP contribution in [-0.2, 0) is 13.2 Å². The van der Waals surface area contributed by atoms with Gasteiger partial charge in [-0.1, -0.05) is 11.6 Å². The van der Waals surface area contributed by atoms with Gasteiger partial charge in [0.05, 0.1) is 6.54 Å². The Bertz CT molecular complexity index is 890. The molecule has 0 atom stereocenters. The number of halogens is 1. The number of nitrogens with one attached hydrogen (secondary N) is 1. The Morgan fingerprint density at radius 3 is 2.88 bits per heavy atom. The highest BCUT2D eigenvalue weighted by Gasteiger charge is 2.09. The number of hydrogen-bond donors (Lipinski definition) is 2. The summed E-state index contributed by atoms with van der Waals surface area (Å²) >= 11 is 7.26. The largest absolute Gasteiger partial charge is 0.486 e. The molecule has 2 aromatic heterocycles. The van der Waals surface area contributed by atoms with Crippen LogP contribution in [0.4, 0.5) is 5.69 Å². The number of carboxylic acid groups (broad SMARTS) is 1. The summed E-state index contributed by atoms with van der Waals surface area (Å²) in [6, 6.07) is 8.68. The topological polar surface area (TPSA) is 84.6 Å². The van der Waals surface area contributed by atoms with Crippen molar-refractivity contribution in [2.24, 2.45) is 0 Å². The fourth-order valence-electron chi connectivity index (χ4n) is 2.20. The molecule has 0 radical (unpaired) electrons. The number of anilines is 1. The third-order valence-electron chi connectivity index (χ3n) is 3.43. The molecule has 0 spiro atoms. The zero-order valence-electron chi connectivity index (χ0n) is 13.3. The van der Waals surface area contributed by atoms with Crippen LogP contribution in [0.3, 0.4) is 0 Å². The van der Waals surface area contributed by atoms with E-state index in [1.165, 1.54) is 17.4 Å². The minimum atomic E-state index is -1.10. The van der Waals surface area contributed by atoms with E-state index < -0.39 is 5.97 Å². The summed E-state index contributed by atoms with van der Waals surface area (Å²) in [5.41, 5.74) is 2.02. The Hall–Kier alpha value is -2.51. The summed E-state index contributed by atoms with van der Waals surface area (Å²) in [4.78, 5) is 15.8. The van der Waals surface area contributed by atoms with Crippen molar-refractivity contribution in [1.29, 1.82) is 0 Å². The number of hydrogen-bond acceptors (Lipinski definition) is 6. The number of carbonyl (C=O) groups is 1. The summed E-state index contributed by atoms with van der Waals surface area (Å²) in [5, 5.41) is 12.2. The number of furan rings is 1. The number of aryl methyl sites for hydroxylation is 1. The lowest BCUT2D eigenvalue weighted by molar-refractivity contribution is 0.0658. The highest BCUT2D eigenvalue weighted by Crippen LogP contribution is 2.24. The van der Waals surface area contributed by atoms with E-state index in [9.17, 15) is 4.79 Å². The van der Waals surface area contributed by atoms with Crippen molar-refractivity contribution in [3.63, 3.8) is 0 Å². The van der Waals surface area contributed by atoms with Gasteiger partial charge in [-0.25, -0.2) is 9.78 Å². The first-order valence-corrected chi connectivity index (χ1v) is 8.60. The maximum atomic E-state index is 10.8. The predicted octanol–water partition coefficient (Wildman–Crippen LogP) is 4.59. The Balaban J connectivity index is 1.58. The van der Waals surface area contributed by atoms with Crippen LogP contribution >= 0.6 is 22.9 Å². The fraction of sp³-hybridized carbons (Fsp3) is 0.176. The summed E-state index contributed by atoms with van der Waals surface area (Å²) < 4.78 is 11.3. The number of ether oxygens (including phenoxy) is 1. The van der Waals surface area contributed by atoms with Crippen molar-refractivity contribution < 1.29 is 19.1 Å². The zero-order valence-corrected chi connectivity index (χ0v) is 14.9. The normalized spacial score (nSPS) is 10.6. The molecule has 2 N–H and O–H groups in total. The van der Waals surface area contributed by atoms with E-state index in [0.29, 0.717) is 22.5 Å². The Labute approximate surface area is 153 Å². The van der Waals surface area contributed by atoms with Crippen molar-refractivity contribution in [1.82, 2.24) is 4.98 Å². The molecule has 0 amide bonds. The van der Waals surface area contributed by atoms with Gasteiger partial charge in [-0.05, 0) is 42.8 Å². The Kier molecular flexibility index (Phi) is 5.25. The lowest BCUT2D eigenvalue weighted by Crippen LogP contribution is -2.00. The van der Waals surface area contributed by atoms with E-state index in [2.05, 4.69) is 10.3 Å². The molecule has 0 saturated heterocycles. The van der Waals surface area contributed by atoms with Crippen LogP contribution in [0.5, 0.6) is 5.75 Å². The standard InChI is InChI=1S/C17H15ClN2O4S/c1-10-6-11(23-9-12-3-5-15(24-12)16(21)22)2-4-14(10)19-7-13-8-20-17(18)25-13/h2-6,8,19H,7,9H2,1H3,(H,21,22). The maximum absolute atomic E-state index is 10.8. The first kappa shape index (κ1) is 17.3. The van der Waals surface area contributed by atoms with Gasteiger partial charge >= 0.3 is 5.97 Å². The number of carboxylic acids is 1. The molecule has 3 aromatic rings. The lowest BCUT2D eigenvalue weighted by atomic mass is 10.2. The first-order chi connectivity index (χ1) is 12.0. The van der Waals surface area contributed by atoms with Crippen LogP contribution in [0.25, 0.3) is 0 Å². The van der Waals surface area contributed by atoms with Crippen LogP contribution in [0.2, 0.25) is 4.47 Å². The second-order valence-corrected chi connectivity index (χ2v) is 6.97. The molecule has 0 fully saturated rings. The van der Waals surface area contributed by atoms with Gasteiger partial charge in [0.1, 0.15) is 18.1 Å². The molecule has 3 rings (SSSR count). The van der Waals surface area contributed by atoms with Crippen molar-refractivity contribution >= 4 is 34.6 Å². The van der Waals surface area contributed by atoms with E-state index in [0.717, 1.165) is 16.1 Å². The third-order valence-corrected chi connectivity index (χ3v) is 4.54. The van der Waals surface area contributed by atoms with Gasteiger partial charge in [-0.2, -0.15) is 0 Å². The molecule has 0 saturated carbocycles. The van der Waals surface area contributed by atoms with E-state index in [1.807, 2.05) is 25.1 Å². The molecular formula is C17H15ClN2O4S. The summed E-state index contributed by atoms with van der Waals surface area (Å²) in [7, 11) is 0. The molecule has 0 unspecified atom stereocenters. The van der Waals surface area contributed by atoms with Gasteiger partial charge in [-0.3, -0.25) is 0 Å². The molecule has 6 nitrogen and oxygen atoms in total. The summed E-state index contributed by atoms with van der Waals surface area (Å²) in [5.74, 6) is -0.0614. The average molecular weight is 379 g/mol. The minimum absolute atomic E-state index is 0.0995. The van der Waals surface area contributed by atoms with Crippen molar-refractivity contribution in [2.45, 2.75) is 20.1 Å². The Morgan fingerprint density at radius 1 is 1.40 bits per heavy atom. The van der Waals surface area contributed by atoms with E-state index >= 15 is 0 Å². The van der Waals surface area contributed by atoms with Gasteiger partial charge in [0.2, 0.25) is 5.76 Å². The minimum Gasteiger partial charge on any atom is -0.486 e. The second-order valence-electron chi connectivity index (χ2n) is 5.27. The lowest BCUT2D eigenvalue weighted by Gasteiger charge is -2.11. The van der Waals surface area contributed by atoms with Crippen LogP contribution in [-0.4, -0.2) is 16.1 Å². The number of benzene rings is 1. The quantitative estimate of drug-likeness (QED) is 0.625. The molecular weight excluding hydrogens is 364 g/mol. The van der Waals surface area contributed by atoms with Crippen LogP contribution < -0.4 is 10.1 Å². The SMILES string of the molecule is Cc1cc(OCc2ccc(C(=O)O)o2)ccc1NCc1cnc(Cl)s1. The third kappa shape index (κ3) is 4.52. The van der Waals surface area contributed by atoms with Crippen LogP contribution in [0.15, 0.2) is 40.9 Å². The number of thiazole rings is 1. The molecule has 8 heteroatoms. The van der Waals surface area contributed by atoms with E-state index in [-0.39, 0.29) is 12.4 Å². The van der Waals surface area contributed by atoms with E-state index in [1.54, 1.807) is 12.3 Å². The molecule has 25 heavy (non-hydrogen) atoms. The number of nitrogens with zero attached hydrogens (tertiary/aromatic N) is 1. The van der Waals surface area contributed by atoms with Gasteiger partial charge in [-0.15, -0.1) is 11.3 Å². The van der Waals surface area contributed by atoms with E-state index in [4.69, 9.17) is 25.9 Å². The first-order valence-electron chi connectivity index (χ1n) is 7.41. The predicted molar refractivity (Wildman–Crippen MR) is 95.6 cm³/mol. The van der Waals surface area contributed by atoms with Crippen molar-refractivity contribution in [2.75, 3.05) is 5.32 Å². The number of aromatic carboxylic acids is 1. The molecule has 130 valence electrons. The van der Waals surface area contributed by atoms with Gasteiger partial charge < -0.3 is 19.6 Å². The Morgan fingerprint density at radius 2 is 2.24 bits per heavy atom. The highest BCUT2D eigenvalue weighted by molar-refractivity contribution is 7.15. The van der Waals surface area contributed by atoms with Crippen molar-refractivity contribution in [3.05, 3.63) is 63.0 Å². The average Bonchev–Trinajstić information content (AvgIpc) is 3.21. The van der Waals surface area contributed by atoms with Gasteiger partial charge in [0.25, 0.3) is 0 Å². The number of rotatable bonds is 7. The molecule has 0 aliphatic heterocycles. The smallest absolute Gasteiger partial charge is 0.371 e. The number of aromatic nitrogens is 1. The fourth-order valence-corrected chi connectivity index (χ4v) is 3.11. The van der Waals surface area contributed by atoms with Gasteiger partial charge in [0.15, 0.2) is 4.47 Å². The molecule has 2 heterocycles. The maximum Gasteiger partial charge on any atom is 0.371 e. The molecule has 0 bridgehead atoms. The molecule has 0 aliphatic carbocycles.